The number of nitrogens with zero attached hydrogens (tertiary/aromatic N) is 2. The Labute approximate surface area is 223 Å². The Morgan fingerprint density at radius 2 is 2.00 bits per heavy atom. The van der Waals surface area contributed by atoms with Crippen molar-refractivity contribution in [1.82, 2.24) is 15.2 Å². The number of methoxy groups -OCH3 is 1. The van der Waals surface area contributed by atoms with Gasteiger partial charge in [-0.2, -0.15) is 0 Å². The van der Waals surface area contributed by atoms with Gasteiger partial charge in [0.15, 0.2) is 6.10 Å². The van der Waals surface area contributed by atoms with E-state index in [0.717, 1.165) is 56.7 Å². The predicted octanol–water partition coefficient (Wildman–Crippen LogP) is 3.06. The lowest BCUT2D eigenvalue weighted by Crippen LogP contribution is -2.45. The molecule has 37 heavy (non-hydrogen) atoms. The first-order valence-corrected chi connectivity index (χ1v) is 13.2. The van der Waals surface area contributed by atoms with E-state index in [1.54, 1.807) is 25.3 Å². The standard InChI is InChI=1S/C27H37ClN4O5/c1-37-18-17-32(15-5-4-8-20-12-11-19-7-6-14-29-25(19)30-20)16-13-23(27(35)36)31-26(34)24(33)21-9-2-3-10-22(21)28/h2-3,9-12,23-24,33H,4-8,13-18H2,1H3,(H,29,30)(H,31,34)(H,35,36). The van der Waals surface area contributed by atoms with Gasteiger partial charge in [-0.3, -0.25) is 4.79 Å². The van der Waals surface area contributed by atoms with Crippen LogP contribution >= 0.6 is 11.6 Å². The number of hydrogen-bond donors (Lipinski definition) is 4. The molecule has 1 aromatic heterocycles. The number of benzene rings is 1. The van der Waals surface area contributed by atoms with Crippen LogP contribution in [0.4, 0.5) is 5.82 Å². The number of halogens is 1. The summed E-state index contributed by atoms with van der Waals surface area (Å²) >= 11 is 6.06. The molecular formula is C27H37ClN4O5. The number of aromatic nitrogens is 1. The van der Waals surface area contributed by atoms with E-state index in [4.69, 9.17) is 21.3 Å². The van der Waals surface area contributed by atoms with Crippen LogP contribution in [0.15, 0.2) is 36.4 Å². The van der Waals surface area contributed by atoms with Crippen molar-refractivity contribution in [3.05, 3.63) is 58.2 Å². The molecule has 10 heteroatoms. The van der Waals surface area contributed by atoms with E-state index in [1.807, 2.05) is 0 Å². The van der Waals surface area contributed by atoms with Crippen molar-refractivity contribution in [2.75, 3.05) is 45.2 Å². The molecular weight excluding hydrogens is 496 g/mol. The van der Waals surface area contributed by atoms with Crippen LogP contribution in [0.2, 0.25) is 5.02 Å². The van der Waals surface area contributed by atoms with E-state index >= 15 is 0 Å². The van der Waals surface area contributed by atoms with Crippen molar-refractivity contribution in [1.29, 1.82) is 0 Å². The number of carbonyl (C=O) groups excluding carboxylic acids is 1. The number of aliphatic hydroxyl groups excluding tert-OH is 1. The second kappa shape index (κ2) is 14.9. The second-order valence-corrected chi connectivity index (χ2v) is 9.65. The van der Waals surface area contributed by atoms with Gasteiger partial charge in [-0.1, -0.05) is 35.9 Å². The number of carboxylic acids is 1. The maximum Gasteiger partial charge on any atom is 0.326 e. The molecule has 0 bridgehead atoms. The van der Waals surface area contributed by atoms with Gasteiger partial charge in [0.1, 0.15) is 11.9 Å². The zero-order valence-electron chi connectivity index (χ0n) is 21.3. The SMILES string of the molecule is COCCN(CCCCc1ccc2c(n1)NCCC2)CCC(NC(=O)C(O)c1ccccc1Cl)C(=O)O. The van der Waals surface area contributed by atoms with Gasteiger partial charge in [0.25, 0.3) is 5.91 Å². The molecule has 0 saturated carbocycles. The molecule has 2 atom stereocenters. The van der Waals surface area contributed by atoms with E-state index in [-0.39, 0.29) is 17.0 Å². The minimum Gasteiger partial charge on any atom is -0.480 e. The minimum absolute atomic E-state index is 0.193. The molecule has 202 valence electrons. The highest BCUT2D eigenvalue weighted by atomic mass is 35.5. The number of aliphatic hydroxyl groups is 1. The number of anilines is 1. The summed E-state index contributed by atoms with van der Waals surface area (Å²) in [5.74, 6) is -0.943. The van der Waals surface area contributed by atoms with Crippen molar-refractivity contribution in [3.8, 4) is 0 Å². The highest BCUT2D eigenvalue weighted by Gasteiger charge is 2.26. The third kappa shape index (κ3) is 8.96. The Morgan fingerprint density at radius 1 is 1.19 bits per heavy atom. The summed E-state index contributed by atoms with van der Waals surface area (Å²) in [6.45, 7) is 3.38. The summed E-state index contributed by atoms with van der Waals surface area (Å²) in [6.07, 6.45) is 3.61. The Bertz CT molecular complexity index is 1040. The number of ether oxygens (including phenoxy) is 1. The predicted molar refractivity (Wildman–Crippen MR) is 143 cm³/mol. The molecule has 1 aliphatic rings. The number of unbranched alkanes of at least 4 members (excludes halogenated alkanes) is 1. The van der Waals surface area contributed by atoms with Crippen LogP contribution in [0, 0.1) is 0 Å². The Hall–Kier alpha value is -2.72. The zero-order valence-corrected chi connectivity index (χ0v) is 22.0. The molecule has 0 aliphatic carbocycles. The van der Waals surface area contributed by atoms with Gasteiger partial charge in [-0.05, 0) is 62.8 Å². The van der Waals surface area contributed by atoms with Gasteiger partial charge in [-0.25, -0.2) is 9.78 Å². The van der Waals surface area contributed by atoms with Crippen molar-refractivity contribution in [2.45, 2.75) is 50.7 Å². The smallest absolute Gasteiger partial charge is 0.326 e. The number of aryl methyl sites for hydroxylation is 2. The lowest BCUT2D eigenvalue weighted by molar-refractivity contribution is -0.143. The van der Waals surface area contributed by atoms with Gasteiger partial charge < -0.3 is 30.5 Å². The number of nitrogens with one attached hydrogen (secondary N) is 2. The number of aliphatic carboxylic acids is 1. The fraction of sp³-hybridized carbons (Fsp3) is 0.519. The van der Waals surface area contributed by atoms with Crippen LogP contribution in [-0.2, 0) is 27.2 Å². The first kappa shape index (κ1) is 28.8. The maximum absolute atomic E-state index is 12.5. The number of carboxylic acid groups (broad SMARTS) is 1. The molecule has 0 radical (unpaired) electrons. The van der Waals surface area contributed by atoms with Crippen LogP contribution in [0.1, 0.15) is 48.6 Å². The highest BCUT2D eigenvalue weighted by molar-refractivity contribution is 6.31. The molecule has 2 unspecified atom stereocenters. The minimum atomic E-state index is -1.55. The number of pyridine rings is 1. The summed E-state index contributed by atoms with van der Waals surface area (Å²) in [7, 11) is 1.63. The number of rotatable bonds is 15. The van der Waals surface area contributed by atoms with E-state index in [1.165, 1.54) is 11.6 Å². The normalized spacial score (nSPS) is 14.5. The molecule has 0 saturated heterocycles. The molecule has 4 N–H and O–H groups in total. The van der Waals surface area contributed by atoms with Crippen molar-refractivity contribution in [2.24, 2.45) is 0 Å². The molecule has 1 aromatic carbocycles. The highest BCUT2D eigenvalue weighted by Crippen LogP contribution is 2.23. The summed E-state index contributed by atoms with van der Waals surface area (Å²) in [4.78, 5) is 31.3. The third-order valence-corrected chi connectivity index (χ3v) is 6.86. The van der Waals surface area contributed by atoms with E-state index in [0.29, 0.717) is 19.7 Å². The molecule has 1 amide bonds. The van der Waals surface area contributed by atoms with Gasteiger partial charge in [-0.15, -0.1) is 0 Å². The van der Waals surface area contributed by atoms with Gasteiger partial charge in [0.05, 0.1) is 6.61 Å². The van der Waals surface area contributed by atoms with Crippen LogP contribution in [0.25, 0.3) is 0 Å². The molecule has 1 aliphatic heterocycles. The molecule has 0 spiro atoms. The molecule has 2 heterocycles. The van der Waals surface area contributed by atoms with Crippen LogP contribution < -0.4 is 10.6 Å². The molecule has 0 fully saturated rings. The first-order chi connectivity index (χ1) is 17.9. The number of fused-ring (bicyclic) bond motifs is 1. The van der Waals surface area contributed by atoms with Crippen LogP contribution in [-0.4, -0.2) is 77.9 Å². The maximum atomic E-state index is 12.5. The quantitative estimate of drug-likeness (QED) is 0.258. The molecule has 9 nitrogen and oxygen atoms in total. The van der Waals surface area contributed by atoms with Gasteiger partial charge in [0.2, 0.25) is 0 Å². The van der Waals surface area contributed by atoms with Crippen LogP contribution in [0.5, 0.6) is 0 Å². The zero-order chi connectivity index (χ0) is 26.6. The topological polar surface area (TPSA) is 124 Å². The lowest BCUT2D eigenvalue weighted by Gasteiger charge is -2.24. The number of hydrogen-bond acceptors (Lipinski definition) is 7. The molecule has 3 rings (SSSR count). The lowest BCUT2D eigenvalue weighted by atomic mass is 10.1. The number of carbonyl (C=O) groups is 2. The fourth-order valence-electron chi connectivity index (χ4n) is 4.36. The summed E-state index contributed by atoms with van der Waals surface area (Å²) in [6, 6.07) is 9.56. The van der Waals surface area contributed by atoms with Gasteiger partial charge >= 0.3 is 5.97 Å². The summed E-state index contributed by atoms with van der Waals surface area (Å²) in [5, 5.41) is 26.1. The van der Waals surface area contributed by atoms with Crippen molar-refractivity contribution < 1.29 is 24.5 Å². The van der Waals surface area contributed by atoms with Gasteiger partial charge in [0, 0.05) is 43.0 Å². The summed E-state index contributed by atoms with van der Waals surface area (Å²) in [5.41, 5.74) is 2.58. The monoisotopic (exact) mass is 532 g/mol. The second-order valence-electron chi connectivity index (χ2n) is 9.24. The fourth-order valence-corrected chi connectivity index (χ4v) is 4.60. The van der Waals surface area contributed by atoms with E-state index in [2.05, 4.69) is 27.7 Å². The Kier molecular flexibility index (Phi) is 11.6. The van der Waals surface area contributed by atoms with E-state index < -0.39 is 24.0 Å². The summed E-state index contributed by atoms with van der Waals surface area (Å²) < 4.78 is 5.22. The Balaban J connectivity index is 1.48. The average Bonchev–Trinajstić information content (AvgIpc) is 2.90. The Morgan fingerprint density at radius 3 is 2.76 bits per heavy atom. The molecule has 2 aromatic rings. The van der Waals surface area contributed by atoms with Crippen LogP contribution in [0.3, 0.4) is 0 Å². The average molecular weight is 533 g/mol. The third-order valence-electron chi connectivity index (χ3n) is 6.52. The van der Waals surface area contributed by atoms with Crippen molar-refractivity contribution >= 4 is 29.3 Å². The number of amides is 1. The van der Waals surface area contributed by atoms with Crippen molar-refractivity contribution in [3.63, 3.8) is 0 Å². The van der Waals surface area contributed by atoms with E-state index in [9.17, 15) is 19.8 Å². The largest absolute Gasteiger partial charge is 0.480 e. The first-order valence-electron chi connectivity index (χ1n) is 12.8.